The molecule has 2 aliphatic heterocycles. The number of hydrogen-bond acceptors (Lipinski definition) is 4. The molecule has 2 fully saturated rings. The van der Waals surface area contributed by atoms with Gasteiger partial charge in [0.15, 0.2) is 0 Å². The molecule has 0 aromatic heterocycles. The molecule has 0 aromatic rings. The minimum Gasteiger partial charge on any atom is -0.340 e. The third-order valence-electron chi connectivity index (χ3n) is 3.72. The summed E-state index contributed by atoms with van der Waals surface area (Å²) < 4.78 is 0. The Labute approximate surface area is 118 Å². The summed E-state index contributed by atoms with van der Waals surface area (Å²) in [7, 11) is 1.60. The molecular formula is C13H22N4O3. The molecule has 0 aliphatic carbocycles. The zero-order valence-electron chi connectivity index (χ0n) is 12.1. The molecule has 2 rings (SSSR count). The lowest BCUT2D eigenvalue weighted by molar-refractivity contribution is -0.133. The van der Waals surface area contributed by atoms with Crippen molar-refractivity contribution in [2.45, 2.75) is 25.8 Å². The van der Waals surface area contributed by atoms with Crippen LogP contribution < -0.4 is 5.32 Å². The van der Waals surface area contributed by atoms with Gasteiger partial charge in [0.2, 0.25) is 11.8 Å². The van der Waals surface area contributed by atoms with Crippen LogP contribution in [0.3, 0.4) is 0 Å². The van der Waals surface area contributed by atoms with Gasteiger partial charge >= 0.3 is 6.03 Å². The van der Waals surface area contributed by atoms with E-state index in [1.807, 2.05) is 4.90 Å². The summed E-state index contributed by atoms with van der Waals surface area (Å²) in [4.78, 5) is 39.8. The number of rotatable bonds is 4. The molecule has 0 saturated carbocycles. The van der Waals surface area contributed by atoms with Crippen molar-refractivity contribution in [3.8, 4) is 0 Å². The van der Waals surface area contributed by atoms with E-state index in [0.29, 0.717) is 25.4 Å². The van der Waals surface area contributed by atoms with Crippen molar-refractivity contribution < 1.29 is 14.4 Å². The summed E-state index contributed by atoms with van der Waals surface area (Å²) in [5.74, 6) is -0.0773. The maximum atomic E-state index is 12.0. The minimum atomic E-state index is -0.266. The number of likely N-dealkylation sites (N-methyl/N-ethyl adjacent to an activating group) is 1. The molecule has 2 saturated heterocycles. The third kappa shape index (κ3) is 3.27. The number of amides is 4. The Morgan fingerprint density at radius 3 is 2.75 bits per heavy atom. The van der Waals surface area contributed by atoms with Crippen molar-refractivity contribution in [3.63, 3.8) is 0 Å². The van der Waals surface area contributed by atoms with Crippen LogP contribution in [-0.4, -0.2) is 78.4 Å². The lowest BCUT2D eigenvalue weighted by atomic mass is 10.2. The summed E-state index contributed by atoms with van der Waals surface area (Å²) in [6.45, 7) is 4.80. The summed E-state index contributed by atoms with van der Waals surface area (Å²) >= 11 is 0. The van der Waals surface area contributed by atoms with Crippen LogP contribution >= 0.6 is 0 Å². The van der Waals surface area contributed by atoms with Crippen LogP contribution in [0.25, 0.3) is 0 Å². The number of imide groups is 1. The van der Waals surface area contributed by atoms with Gasteiger partial charge in [-0.05, 0) is 13.3 Å². The quantitative estimate of drug-likeness (QED) is 0.704. The number of nitrogens with one attached hydrogen (secondary N) is 1. The Morgan fingerprint density at radius 1 is 1.40 bits per heavy atom. The highest BCUT2D eigenvalue weighted by atomic mass is 16.2. The molecule has 7 heteroatoms. The predicted octanol–water partition coefficient (Wildman–Crippen LogP) is -0.519. The molecular weight excluding hydrogens is 260 g/mol. The molecule has 112 valence electrons. The second-order valence-electron chi connectivity index (χ2n) is 5.48. The van der Waals surface area contributed by atoms with Crippen LogP contribution in [0, 0.1) is 0 Å². The van der Waals surface area contributed by atoms with Crippen LogP contribution in [0.5, 0.6) is 0 Å². The second-order valence-corrected chi connectivity index (χ2v) is 5.48. The average Bonchev–Trinajstić information content (AvgIpc) is 2.65. The summed E-state index contributed by atoms with van der Waals surface area (Å²) in [6.07, 6.45) is 0.913. The van der Waals surface area contributed by atoms with Gasteiger partial charge in [-0.3, -0.25) is 14.5 Å². The van der Waals surface area contributed by atoms with Crippen LogP contribution in [0.1, 0.15) is 19.8 Å². The molecule has 1 N–H and O–H groups in total. The molecule has 0 aromatic carbocycles. The van der Waals surface area contributed by atoms with E-state index in [9.17, 15) is 14.4 Å². The Hall–Kier alpha value is -1.63. The lowest BCUT2D eigenvalue weighted by Crippen LogP contribution is -2.51. The first-order valence-corrected chi connectivity index (χ1v) is 7.05. The van der Waals surface area contributed by atoms with Crippen LogP contribution in [-0.2, 0) is 9.59 Å². The van der Waals surface area contributed by atoms with E-state index in [1.165, 1.54) is 9.80 Å². The highest BCUT2D eigenvalue weighted by Crippen LogP contribution is 2.10. The smallest absolute Gasteiger partial charge is 0.326 e. The standard InChI is InChI=1S/C13H22N4O3/c1-10-8-16(7-5-14-10)11(18)4-3-6-17-12(19)9-15(2)13(17)20/h10,14H,3-9H2,1-2H3/t10-/m1/s1. The van der Waals surface area contributed by atoms with Gasteiger partial charge in [-0.2, -0.15) is 0 Å². The monoisotopic (exact) mass is 282 g/mol. The normalized spacial score (nSPS) is 23.7. The lowest BCUT2D eigenvalue weighted by Gasteiger charge is -2.32. The van der Waals surface area contributed by atoms with E-state index in [-0.39, 0.29) is 24.4 Å². The number of hydrogen-bond donors (Lipinski definition) is 1. The predicted molar refractivity (Wildman–Crippen MR) is 73.0 cm³/mol. The average molecular weight is 282 g/mol. The summed E-state index contributed by atoms with van der Waals surface area (Å²) in [6, 6.07) is 0.0568. The van der Waals surface area contributed by atoms with Gasteiger partial charge in [-0.15, -0.1) is 0 Å². The fourth-order valence-electron chi connectivity index (χ4n) is 2.59. The van der Waals surface area contributed by atoms with E-state index < -0.39 is 0 Å². The molecule has 0 unspecified atom stereocenters. The molecule has 20 heavy (non-hydrogen) atoms. The number of carbonyl (C=O) groups excluding carboxylic acids is 3. The minimum absolute atomic E-state index is 0.103. The fourth-order valence-corrected chi connectivity index (χ4v) is 2.59. The van der Waals surface area contributed by atoms with Gasteiger partial charge in [-0.25, -0.2) is 4.79 Å². The van der Waals surface area contributed by atoms with Crippen molar-refractivity contribution in [2.75, 3.05) is 39.8 Å². The SMILES string of the molecule is C[C@@H]1CN(C(=O)CCCN2C(=O)CN(C)C2=O)CCN1. The van der Waals surface area contributed by atoms with Crippen LogP contribution in [0.4, 0.5) is 4.79 Å². The first kappa shape index (κ1) is 14.8. The fraction of sp³-hybridized carbons (Fsp3) is 0.769. The van der Waals surface area contributed by atoms with E-state index in [0.717, 1.165) is 19.6 Å². The highest BCUT2D eigenvalue weighted by Gasteiger charge is 2.33. The Balaban J connectivity index is 1.74. The molecule has 2 heterocycles. The number of piperazine rings is 1. The van der Waals surface area contributed by atoms with Crippen molar-refractivity contribution in [3.05, 3.63) is 0 Å². The maximum absolute atomic E-state index is 12.0. The Morgan fingerprint density at radius 2 is 2.15 bits per heavy atom. The molecule has 0 spiro atoms. The molecule has 4 amide bonds. The largest absolute Gasteiger partial charge is 0.340 e. The van der Waals surface area contributed by atoms with Gasteiger partial charge in [-0.1, -0.05) is 0 Å². The number of nitrogens with zero attached hydrogens (tertiary/aromatic N) is 3. The molecule has 0 bridgehead atoms. The number of carbonyl (C=O) groups is 3. The highest BCUT2D eigenvalue weighted by molar-refractivity contribution is 6.01. The molecule has 2 aliphatic rings. The van der Waals surface area contributed by atoms with Gasteiger partial charge in [0.1, 0.15) is 6.54 Å². The summed E-state index contributed by atoms with van der Waals surface area (Å²) in [5, 5.41) is 3.29. The first-order chi connectivity index (χ1) is 9.49. The third-order valence-corrected chi connectivity index (χ3v) is 3.72. The van der Waals surface area contributed by atoms with E-state index in [4.69, 9.17) is 0 Å². The molecule has 1 atom stereocenters. The van der Waals surface area contributed by atoms with Crippen molar-refractivity contribution in [1.82, 2.24) is 20.0 Å². The maximum Gasteiger partial charge on any atom is 0.326 e. The zero-order valence-corrected chi connectivity index (χ0v) is 12.1. The molecule has 0 radical (unpaired) electrons. The van der Waals surface area contributed by atoms with Crippen LogP contribution in [0.2, 0.25) is 0 Å². The van der Waals surface area contributed by atoms with Gasteiger partial charge in [0.05, 0.1) is 0 Å². The van der Waals surface area contributed by atoms with Gasteiger partial charge in [0, 0.05) is 45.7 Å². The second kappa shape index (κ2) is 6.21. The van der Waals surface area contributed by atoms with E-state index in [1.54, 1.807) is 7.05 Å². The Bertz CT molecular complexity index is 412. The van der Waals surface area contributed by atoms with Crippen LogP contribution in [0.15, 0.2) is 0 Å². The molecule has 7 nitrogen and oxygen atoms in total. The summed E-state index contributed by atoms with van der Waals surface area (Å²) in [5.41, 5.74) is 0. The Kier molecular flexibility index (Phi) is 4.59. The topological polar surface area (TPSA) is 73.0 Å². The van der Waals surface area contributed by atoms with Gasteiger partial charge < -0.3 is 15.1 Å². The number of urea groups is 1. The van der Waals surface area contributed by atoms with E-state index in [2.05, 4.69) is 12.2 Å². The van der Waals surface area contributed by atoms with E-state index >= 15 is 0 Å². The zero-order chi connectivity index (χ0) is 14.7. The van der Waals surface area contributed by atoms with Crippen molar-refractivity contribution >= 4 is 17.8 Å². The van der Waals surface area contributed by atoms with Gasteiger partial charge in [0.25, 0.3) is 0 Å². The van der Waals surface area contributed by atoms with Crippen molar-refractivity contribution in [2.24, 2.45) is 0 Å². The van der Waals surface area contributed by atoms with Crippen molar-refractivity contribution in [1.29, 1.82) is 0 Å². The first-order valence-electron chi connectivity index (χ1n) is 7.05.